The molecule has 0 atom stereocenters. The average Bonchev–Trinajstić information content (AvgIpc) is 2.27. The van der Waals surface area contributed by atoms with E-state index >= 15 is 0 Å². The molecule has 3 heteroatoms. The van der Waals surface area contributed by atoms with Gasteiger partial charge in [0.15, 0.2) is 0 Å². The number of rotatable bonds is 2. The van der Waals surface area contributed by atoms with Crippen LogP contribution in [0.4, 0.5) is 0 Å². The van der Waals surface area contributed by atoms with E-state index in [-0.39, 0.29) is 0 Å². The van der Waals surface area contributed by atoms with E-state index < -0.39 is 0 Å². The third kappa shape index (κ3) is 2.28. The van der Waals surface area contributed by atoms with Gasteiger partial charge in [0, 0.05) is 11.8 Å². The van der Waals surface area contributed by atoms with Crippen LogP contribution in [0.1, 0.15) is 17.0 Å². The minimum atomic E-state index is 0.768. The lowest BCUT2D eigenvalue weighted by molar-refractivity contribution is 0.415. The van der Waals surface area contributed by atoms with Crippen LogP contribution in [0.3, 0.4) is 0 Å². The van der Waals surface area contributed by atoms with Gasteiger partial charge in [0.05, 0.1) is 12.8 Å². The van der Waals surface area contributed by atoms with E-state index in [1.807, 2.05) is 19.1 Å². The number of aromatic nitrogens is 2. The van der Waals surface area contributed by atoms with E-state index in [4.69, 9.17) is 4.74 Å². The summed E-state index contributed by atoms with van der Waals surface area (Å²) in [6.07, 6.45) is 1.77. The van der Waals surface area contributed by atoms with E-state index in [2.05, 4.69) is 29.9 Å². The molecule has 0 fully saturated rings. The monoisotopic (exact) mass is 228 g/mol. The maximum absolute atomic E-state index is 5.44. The van der Waals surface area contributed by atoms with Gasteiger partial charge in [-0.3, -0.25) is 0 Å². The highest BCUT2D eigenvalue weighted by Gasteiger charge is 2.11. The van der Waals surface area contributed by atoms with Gasteiger partial charge in [-0.1, -0.05) is 6.07 Å². The number of benzene rings is 1. The summed E-state index contributed by atoms with van der Waals surface area (Å²) in [7, 11) is 1.69. The zero-order chi connectivity index (χ0) is 12.4. The van der Waals surface area contributed by atoms with Gasteiger partial charge in [-0.15, -0.1) is 0 Å². The van der Waals surface area contributed by atoms with Crippen molar-refractivity contribution < 1.29 is 4.74 Å². The summed E-state index contributed by atoms with van der Waals surface area (Å²) in [6.45, 7) is 6.02. The maximum Gasteiger partial charge on any atom is 0.128 e. The molecule has 0 radical (unpaired) electrons. The van der Waals surface area contributed by atoms with Crippen molar-refractivity contribution in [1.29, 1.82) is 0 Å². The van der Waals surface area contributed by atoms with Crippen molar-refractivity contribution in [1.82, 2.24) is 9.97 Å². The Morgan fingerprint density at radius 2 is 1.88 bits per heavy atom. The number of hydrogen-bond acceptors (Lipinski definition) is 3. The van der Waals surface area contributed by atoms with Crippen LogP contribution in [0.25, 0.3) is 11.3 Å². The molecule has 2 rings (SSSR count). The number of ether oxygens (including phenoxy) is 1. The molecular formula is C14H16N2O. The minimum Gasteiger partial charge on any atom is -0.496 e. The molecule has 0 unspecified atom stereocenters. The fourth-order valence-electron chi connectivity index (χ4n) is 2.01. The average molecular weight is 228 g/mol. The Hall–Kier alpha value is -1.90. The summed E-state index contributed by atoms with van der Waals surface area (Å²) in [5, 5.41) is 0. The van der Waals surface area contributed by atoms with E-state index in [1.54, 1.807) is 13.3 Å². The predicted octanol–water partition coefficient (Wildman–Crippen LogP) is 3.08. The van der Waals surface area contributed by atoms with Gasteiger partial charge >= 0.3 is 0 Å². The van der Waals surface area contributed by atoms with Crippen LogP contribution in [-0.4, -0.2) is 17.1 Å². The highest BCUT2D eigenvalue weighted by atomic mass is 16.5. The first-order valence-electron chi connectivity index (χ1n) is 5.57. The lowest BCUT2D eigenvalue weighted by Gasteiger charge is -2.12. The first kappa shape index (κ1) is 11.6. The Labute approximate surface area is 102 Å². The Morgan fingerprint density at radius 3 is 2.53 bits per heavy atom. The minimum absolute atomic E-state index is 0.768. The van der Waals surface area contributed by atoms with E-state index in [0.717, 1.165) is 22.8 Å². The zero-order valence-corrected chi connectivity index (χ0v) is 10.6. The Kier molecular flexibility index (Phi) is 3.09. The first-order valence-corrected chi connectivity index (χ1v) is 5.57. The molecule has 3 nitrogen and oxygen atoms in total. The van der Waals surface area contributed by atoms with Gasteiger partial charge in [-0.25, -0.2) is 9.97 Å². The standard InChI is InChI=1S/C14H16N2O/c1-9-7-10(2)14(13(8-9)17-4)12-5-6-15-11(3)16-12/h5-8H,1-4H3. The molecule has 17 heavy (non-hydrogen) atoms. The van der Waals surface area contributed by atoms with Crippen LogP contribution in [-0.2, 0) is 0 Å². The van der Waals surface area contributed by atoms with Gasteiger partial charge in [-0.2, -0.15) is 0 Å². The molecule has 2 aromatic rings. The van der Waals surface area contributed by atoms with Crippen molar-refractivity contribution >= 4 is 0 Å². The SMILES string of the molecule is COc1cc(C)cc(C)c1-c1ccnc(C)n1. The van der Waals surface area contributed by atoms with Crippen molar-refractivity contribution in [3.8, 4) is 17.0 Å². The van der Waals surface area contributed by atoms with Gasteiger partial charge in [-0.05, 0) is 44.0 Å². The van der Waals surface area contributed by atoms with Gasteiger partial charge in [0.1, 0.15) is 11.6 Å². The highest BCUT2D eigenvalue weighted by molar-refractivity contribution is 5.71. The van der Waals surface area contributed by atoms with Crippen molar-refractivity contribution in [2.24, 2.45) is 0 Å². The van der Waals surface area contributed by atoms with Crippen LogP contribution in [0.2, 0.25) is 0 Å². The second-order valence-electron chi connectivity index (χ2n) is 4.15. The Balaban J connectivity index is 2.66. The highest BCUT2D eigenvalue weighted by Crippen LogP contribution is 2.32. The normalized spacial score (nSPS) is 10.4. The van der Waals surface area contributed by atoms with Crippen LogP contribution in [0.5, 0.6) is 5.75 Å². The molecule has 0 bridgehead atoms. The fraction of sp³-hybridized carbons (Fsp3) is 0.286. The molecule has 1 heterocycles. The smallest absolute Gasteiger partial charge is 0.128 e. The van der Waals surface area contributed by atoms with Crippen molar-refractivity contribution in [2.45, 2.75) is 20.8 Å². The number of hydrogen-bond donors (Lipinski definition) is 0. The molecule has 0 amide bonds. The Bertz CT molecular complexity index is 550. The molecular weight excluding hydrogens is 212 g/mol. The molecule has 0 saturated carbocycles. The molecule has 1 aromatic heterocycles. The predicted molar refractivity (Wildman–Crippen MR) is 68.2 cm³/mol. The number of methoxy groups -OCH3 is 1. The zero-order valence-electron chi connectivity index (χ0n) is 10.6. The van der Waals surface area contributed by atoms with Crippen molar-refractivity contribution in [3.63, 3.8) is 0 Å². The van der Waals surface area contributed by atoms with Gasteiger partial charge < -0.3 is 4.74 Å². The van der Waals surface area contributed by atoms with E-state index in [1.165, 1.54) is 11.1 Å². The third-order valence-corrected chi connectivity index (χ3v) is 2.70. The summed E-state index contributed by atoms with van der Waals surface area (Å²) in [6, 6.07) is 6.07. The Morgan fingerprint density at radius 1 is 1.12 bits per heavy atom. The summed E-state index contributed by atoms with van der Waals surface area (Å²) in [5.41, 5.74) is 4.31. The van der Waals surface area contributed by atoms with Gasteiger partial charge in [0.25, 0.3) is 0 Å². The number of aryl methyl sites for hydroxylation is 3. The van der Waals surface area contributed by atoms with E-state index in [0.29, 0.717) is 0 Å². The number of nitrogens with zero attached hydrogens (tertiary/aromatic N) is 2. The molecule has 0 saturated heterocycles. The van der Waals surface area contributed by atoms with Crippen LogP contribution in [0, 0.1) is 20.8 Å². The van der Waals surface area contributed by atoms with Crippen LogP contribution >= 0.6 is 0 Å². The lowest BCUT2D eigenvalue weighted by atomic mass is 10.0. The molecule has 1 aromatic carbocycles. The van der Waals surface area contributed by atoms with Crippen molar-refractivity contribution in [2.75, 3.05) is 7.11 Å². The largest absolute Gasteiger partial charge is 0.496 e. The topological polar surface area (TPSA) is 35.0 Å². The molecule has 0 aliphatic carbocycles. The molecule has 0 N–H and O–H groups in total. The van der Waals surface area contributed by atoms with E-state index in [9.17, 15) is 0 Å². The fourth-order valence-corrected chi connectivity index (χ4v) is 2.01. The molecule has 0 aliphatic rings. The third-order valence-electron chi connectivity index (χ3n) is 2.70. The summed E-state index contributed by atoms with van der Waals surface area (Å²) in [5.74, 6) is 1.63. The molecule has 0 aliphatic heterocycles. The summed E-state index contributed by atoms with van der Waals surface area (Å²) >= 11 is 0. The van der Waals surface area contributed by atoms with Crippen LogP contribution in [0.15, 0.2) is 24.4 Å². The quantitative estimate of drug-likeness (QED) is 0.792. The molecule has 88 valence electrons. The first-order chi connectivity index (χ1) is 8.11. The van der Waals surface area contributed by atoms with Crippen LogP contribution < -0.4 is 4.74 Å². The second kappa shape index (κ2) is 4.53. The van der Waals surface area contributed by atoms with Crippen molar-refractivity contribution in [3.05, 3.63) is 41.3 Å². The lowest BCUT2D eigenvalue weighted by Crippen LogP contribution is -1.96. The second-order valence-corrected chi connectivity index (χ2v) is 4.15. The maximum atomic E-state index is 5.44. The molecule has 0 spiro atoms. The summed E-state index contributed by atoms with van der Waals surface area (Å²) < 4.78 is 5.44. The van der Waals surface area contributed by atoms with Gasteiger partial charge in [0.2, 0.25) is 0 Å². The summed E-state index contributed by atoms with van der Waals surface area (Å²) in [4.78, 5) is 8.57.